The number of rotatable bonds is 1. The van der Waals surface area contributed by atoms with Gasteiger partial charge in [0.2, 0.25) is 5.95 Å². The second-order valence-corrected chi connectivity index (χ2v) is 11.8. The van der Waals surface area contributed by atoms with Gasteiger partial charge in [0.1, 0.15) is 6.07 Å². The van der Waals surface area contributed by atoms with Crippen molar-refractivity contribution in [1.82, 2.24) is 24.3 Å². The average Bonchev–Trinajstić information content (AvgIpc) is 3.34. The van der Waals surface area contributed by atoms with E-state index < -0.39 is 9.71 Å². The summed E-state index contributed by atoms with van der Waals surface area (Å²) in [6, 6.07) is 7.18. The molecule has 36 heavy (non-hydrogen) atoms. The van der Waals surface area contributed by atoms with Gasteiger partial charge in [-0.05, 0) is 12.1 Å². The van der Waals surface area contributed by atoms with Gasteiger partial charge in [0.05, 0.1) is 52.4 Å². The molecule has 2 aliphatic heterocycles. The predicted molar refractivity (Wildman–Crippen MR) is 136 cm³/mol. The van der Waals surface area contributed by atoms with E-state index in [0.717, 1.165) is 4.86 Å². The van der Waals surface area contributed by atoms with Crippen LogP contribution in [-0.2, 0) is 14.4 Å². The van der Waals surface area contributed by atoms with E-state index in [1.807, 2.05) is 4.90 Å². The van der Waals surface area contributed by atoms with Crippen molar-refractivity contribution in [1.29, 1.82) is 10.5 Å². The van der Waals surface area contributed by atoms with Gasteiger partial charge in [0, 0.05) is 47.4 Å². The molecule has 14 heteroatoms. The van der Waals surface area contributed by atoms with Crippen LogP contribution in [0.1, 0.15) is 17.7 Å². The normalized spacial score (nSPS) is 26.6. The lowest BCUT2D eigenvalue weighted by atomic mass is 10.1. The number of nitrogens with zero attached hydrogens (tertiary/aromatic N) is 7. The molecule has 0 spiro atoms. The fourth-order valence-electron chi connectivity index (χ4n) is 4.78. The van der Waals surface area contributed by atoms with Crippen LogP contribution in [0, 0.1) is 22.7 Å². The molecule has 4 heterocycles. The third-order valence-corrected chi connectivity index (χ3v) is 9.24. The van der Waals surface area contributed by atoms with Crippen molar-refractivity contribution in [3.05, 3.63) is 34.6 Å². The number of ether oxygens (including phenoxy) is 1. The zero-order valence-corrected chi connectivity index (χ0v) is 20.9. The lowest BCUT2D eigenvalue weighted by Gasteiger charge is -2.22. The summed E-state index contributed by atoms with van der Waals surface area (Å²) in [6.45, 7) is 0.994. The topological polar surface area (TPSA) is 156 Å². The number of benzene rings is 1. The first-order valence-corrected chi connectivity index (χ1v) is 13.5. The highest BCUT2D eigenvalue weighted by Gasteiger charge is 2.41. The van der Waals surface area contributed by atoms with Crippen molar-refractivity contribution in [3.8, 4) is 12.1 Å². The molecule has 4 atom stereocenters. The maximum absolute atomic E-state index is 13.7. The number of fused-ring (bicyclic) bond motifs is 10. The van der Waals surface area contributed by atoms with Crippen LogP contribution in [0.15, 0.2) is 18.3 Å². The Hall–Kier alpha value is -3.62. The molecule has 6 bridgehead atoms. The molecule has 12 nitrogen and oxygen atoms in total. The smallest absolute Gasteiger partial charge is 0.247 e. The number of imidazole rings is 1. The third kappa shape index (κ3) is 3.68. The highest BCUT2D eigenvalue weighted by atomic mass is 35.5. The number of nitriles is 2. The summed E-state index contributed by atoms with van der Waals surface area (Å²) in [5.41, 5.74) is 2.06. The molecule has 3 aromatic rings. The highest BCUT2D eigenvalue weighted by Crippen LogP contribution is 2.38. The van der Waals surface area contributed by atoms with Gasteiger partial charge < -0.3 is 20.3 Å². The molecule has 3 aliphatic rings. The Morgan fingerprint density at radius 2 is 2.11 bits per heavy atom. The van der Waals surface area contributed by atoms with Crippen molar-refractivity contribution in [2.24, 2.45) is 0 Å². The van der Waals surface area contributed by atoms with E-state index in [1.165, 1.54) is 10.7 Å². The van der Waals surface area contributed by atoms with E-state index >= 15 is 0 Å². The SMILES string of the molecule is CO[C@@H]1CN2C[C@@H]1NS(C)(=O)=C1CC1Nc1nc(nn3c(C#N)cnc13)Nc1cc(C#N)cc2c1Cl. The van der Waals surface area contributed by atoms with E-state index in [4.69, 9.17) is 16.3 Å². The van der Waals surface area contributed by atoms with Crippen LogP contribution in [0.2, 0.25) is 5.02 Å². The molecule has 6 rings (SSSR count). The van der Waals surface area contributed by atoms with Crippen molar-refractivity contribution in [3.63, 3.8) is 0 Å². The molecule has 0 amide bonds. The van der Waals surface area contributed by atoms with Crippen LogP contribution in [0.3, 0.4) is 0 Å². The quantitative estimate of drug-likeness (QED) is 0.396. The monoisotopic (exact) mass is 524 g/mol. The van der Waals surface area contributed by atoms with E-state index in [9.17, 15) is 14.7 Å². The molecular formula is C22H21ClN10O2S. The van der Waals surface area contributed by atoms with Gasteiger partial charge in [0.15, 0.2) is 17.2 Å². The lowest BCUT2D eigenvalue weighted by Crippen LogP contribution is -2.44. The number of hydrogen-bond acceptors (Lipinski definition) is 10. The molecule has 2 aromatic heterocycles. The summed E-state index contributed by atoms with van der Waals surface area (Å²) in [5, 5.41) is 30.4. The van der Waals surface area contributed by atoms with Crippen LogP contribution in [0.25, 0.3) is 5.65 Å². The number of anilines is 4. The lowest BCUT2D eigenvalue weighted by molar-refractivity contribution is 0.104. The summed E-state index contributed by atoms with van der Waals surface area (Å²) < 4.78 is 24.2. The average molecular weight is 525 g/mol. The van der Waals surface area contributed by atoms with Crippen LogP contribution < -0.4 is 20.3 Å². The van der Waals surface area contributed by atoms with E-state index in [0.29, 0.717) is 52.9 Å². The summed E-state index contributed by atoms with van der Waals surface area (Å²) in [5.74, 6) is 0.538. The van der Waals surface area contributed by atoms with Gasteiger partial charge in [-0.1, -0.05) is 11.6 Å². The Morgan fingerprint density at radius 3 is 2.86 bits per heavy atom. The Balaban J connectivity index is 1.56. The molecule has 3 N–H and O–H groups in total. The molecule has 2 unspecified atom stereocenters. The number of halogens is 1. The van der Waals surface area contributed by atoms with Crippen molar-refractivity contribution >= 4 is 55.0 Å². The molecule has 1 aliphatic carbocycles. The molecule has 184 valence electrons. The largest absolute Gasteiger partial charge is 0.378 e. The third-order valence-electron chi connectivity index (χ3n) is 6.64. The highest BCUT2D eigenvalue weighted by molar-refractivity contribution is 8.00. The predicted octanol–water partition coefficient (Wildman–Crippen LogP) is 1.26. The maximum atomic E-state index is 13.7. The molecular weight excluding hydrogens is 504 g/mol. The number of methoxy groups -OCH3 is 1. The first-order valence-electron chi connectivity index (χ1n) is 11.1. The summed E-state index contributed by atoms with van der Waals surface area (Å²) in [6.07, 6.45) is 3.49. The van der Waals surface area contributed by atoms with E-state index in [1.54, 1.807) is 25.5 Å². The summed E-state index contributed by atoms with van der Waals surface area (Å²) in [4.78, 5) is 11.7. The van der Waals surface area contributed by atoms with Crippen LogP contribution in [0.4, 0.5) is 23.1 Å². The minimum absolute atomic E-state index is 0.156. The minimum Gasteiger partial charge on any atom is -0.378 e. The zero-order valence-electron chi connectivity index (χ0n) is 19.3. The van der Waals surface area contributed by atoms with E-state index in [-0.39, 0.29) is 29.8 Å². The maximum Gasteiger partial charge on any atom is 0.247 e. The molecule has 1 aromatic carbocycles. The first kappa shape index (κ1) is 22.8. The van der Waals surface area contributed by atoms with Gasteiger partial charge in [-0.25, -0.2) is 9.71 Å². The molecule has 1 saturated heterocycles. The summed E-state index contributed by atoms with van der Waals surface area (Å²) in [7, 11) is -0.910. The Kier molecular flexibility index (Phi) is 5.21. The van der Waals surface area contributed by atoms with Gasteiger partial charge >= 0.3 is 0 Å². The molecule has 1 saturated carbocycles. The van der Waals surface area contributed by atoms with Gasteiger partial charge in [-0.2, -0.15) is 20.0 Å². The number of hydrogen-bond donors (Lipinski definition) is 3. The minimum atomic E-state index is -2.54. The fraction of sp³-hybridized carbons (Fsp3) is 0.364. The first-order chi connectivity index (χ1) is 17.3. The van der Waals surface area contributed by atoms with E-state index in [2.05, 4.69) is 42.6 Å². The molecule has 2 fully saturated rings. The number of nitrogens with one attached hydrogen (secondary N) is 3. The fourth-order valence-corrected chi connectivity index (χ4v) is 7.10. The second kappa shape index (κ2) is 8.21. The number of aromatic nitrogens is 4. The van der Waals surface area contributed by atoms with Crippen molar-refractivity contribution in [2.75, 3.05) is 42.0 Å². The Morgan fingerprint density at radius 1 is 1.28 bits per heavy atom. The molecule has 0 radical (unpaired) electrons. The van der Waals surface area contributed by atoms with Crippen LogP contribution >= 0.6 is 11.6 Å². The Bertz CT molecular complexity index is 1630. The zero-order chi connectivity index (χ0) is 25.2. The van der Waals surface area contributed by atoms with Gasteiger partial charge in [-0.3, -0.25) is 4.21 Å². The van der Waals surface area contributed by atoms with Crippen LogP contribution in [-0.4, -0.2) is 73.3 Å². The van der Waals surface area contributed by atoms with Crippen LogP contribution in [0.5, 0.6) is 0 Å². The second-order valence-electron chi connectivity index (χ2n) is 8.98. The van der Waals surface area contributed by atoms with Crippen molar-refractivity contribution in [2.45, 2.75) is 24.6 Å². The standard InChI is InChI=1S/C22H21ClN10O2S/c1-35-17-10-32-9-15(17)31-36(2,34)18-5-13(18)27-20-21-26-8-12(7-25)33(21)30-22(29-20)28-14-3-11(6-24)4-16(32)19(14)23/h3-4,8,13,15,17H,5,9-10H2,1-2H3,(H,31,34)(H2,27,28,29,30)/t13?,15-,17+,36?/m0/s1. The van der Waals surface area contributed by atoms with Crippen molar-refractivity contribution < 1.29 is 8.95 Å². The summed E-state index contributed by atoms with van der Waals surface area (Å²) >= 11 is 6.83. The van der Waals surface area contributed by atoms with Gasteiger partial charge in [0.25, 0.3) is 0 Å². The van der Waals surface area contributed by atoms with Gasteiger partial charge in [-0.15, -0.1) is 5.10 Å². The Labute approximate surface area is 212 Å².